The van der Waals surface area contributed by atoms with E-state index in [9.17, 15) is 14.9 Å². The first-order valence-corrected chi connectivity index (χ1v) is 11.2. The lowest BCUT2D eigenvalue weighted by molar-refractivity contribution is -0.115. The highest BCUT2D eigenvalue weighted by Gasteiger charge is 2.38. The maximum Gasteiger partial charge on any atom is 0.359 e. The van der Waals surface area contributed by atoms with Crippen LogP contribution in [0.2, 0.25) is 0 Å². The topological polar surface area (TPSA) is 124 Å². The predicted molar refractivity (Wildman–Crippen MR) is 126 cm³/mol. The summed E-state index contributed by atoms with van der Waals surface area (Å²) in [6.07, 6.45) is 0. The second-order valence-corrected chi connectivity index (χ2v) is 8.47. The van der Waals surface area contributed by atoms with Gasteiger partial charge in [-0.05, 0) is 42.5 Å². The number of benzene rings is 2. The van der Waals surface area contributed by atoms with Gasteiger partial charge < -0.3 is 4.74 Å². The van der Waals surface area contributed by atoms with E-state index < -0.39 is 5.97 Å². The van der Waals surface area contributed by atoms with E-state index >= 15 is 0 Å². The van der Waals surface area contributed by atoms with Gasteiger partial charge in [0.1, 0.15) is 11.8 Å². The Kier molecular flexibility index (Phi) is 6.27. The van der Waals surface area contributed by atoms with Gasteiger partial charge in [0, 0.05) is 4.47 Å². The molecule has 0 N–H and O–H groups in total. The van der Waals surface area contributed by atoms with Crippen molar-refractivity contribution in [1.29, 1.82) is 10.5 Å². The van der Waals surface area contributed by atoms with Crippen LogP contribution in [0, 0.1) is 22.7 Å². The number of anilines is 1. The molecule has 1 aliphatic rings. The maximum absolute atomic E-state index is 12.9. The Morgan fingerprint density at radius 1 is 1.21 bits per heavy atom. The summed E-state index contributed by atoms with van der Waals surface area (Å²) in [6.45, 7) is 0. The fourth-order valence-corrected chi connectivity index (χ4v) is 4.42. The van der Waals surface area contributed by atoms with Gasteiger partial charge in [-0.25, -0.2) is 14.5 Å². The zero-order valence-electron chi connectivity index (χ0n) is 17.0. The van der Waals surface area contributed by atoms with Crippen molar-refractivity contribution in [2.24, 2.45) is 4.99 Å². The highest BCUT2D eigenvalue weighted by atomic mass is 79.9. The van der Waals surface area contributed by atoms with Gasteiger partial charge in [-0.3, -0.25) is 9.69 Å². The summed E-state index contributed by atoms with van der Waals surface area (Å²) in [5.41, 5.74) is 1.29. The third-order valence-electron chi connectivity index (χ3n) is 4.61. The number of aromatic nitrogens is 2. The average molecular weight is 521 g/mol. The zero-order chi connectivity index (χ0) is 23.5. The van der Waals surface area contributed by atoms with Crippen molar-refractivity contribution in [3.8, 4) is 17.8 Å². The van der Waals surface area contributed by atoms with E-state index in [4.69, 9.17) is 10.00 Å². The Balaban J connectivity index is 1.91. The summed E-state index contributed by atoms with van der Waals surface area (Å²) in [6, 6.07) is 17.5. The Labute approximate surface area is 201 Å². The molecule has 0 spiro atoms. The SMILES string of the molecule is COC(=O)c1c(N2C(=O)CSC2=Nc2ccc(C#N)cc2)c(C#N)nn1-c1cccc(Br)c1. The van der Waals surface area contributed by atoms with E-state index in [1.165, 1.54) is 28.5 Å². The molecule has 1 amide bonds. The zero-order valence-corrected chi connectivity index (χ0v) is 19.4. The number of hydrogen-bond acceptors (Lipinski definition) is 8. The van der Waals surface area contributed by atoms with Gasteiger partial charge in [-0.2, -0.15) is 15.6 Å². The van der Waals surface area contributed by atoms with Crippen molar-refractivity contribution in [2.45, 2.75) is 0 Å². The molecular formula is C22H13BrN6O3S. The van der Waals surface area contributed by atoms with Gasteiger partial charge in [-0.1, -0.05) is 33.8 Å². The van der Waals surface area contributed by atoms with Gasteiger partial charge in [-0.15, -0.1) is 0 Å². The first-order chi connectivity index (χ1) is 16.0. The number of amides is 1. The van der Waals surface area contributed by atoms with Crippen LogP contribution in [-0.4, -0.2) is 39.7 Å². The smallest absolute Gasteiger partial charge is 0.359 e. The van der Waals surface area contributed by atoms with Crippen molar-refractivity contribution in [1.82, 2.24) is 9.78 Å². The monoisotopic (exact) mass is 520 g/mol. The highest BCUT2D eigenvalue weighted by molar-refractivity contribution is 9.10. The molecule has 2 aromatic carbocycles. The van der Waals surface area contributed by atoms with Crippen LogP contribution in [-0.2, 0) is 9.53 Å². The molecule has 3 aromatic rings. The average Bonchev–Trinajstić information content (AvgIpc) is 3.38. The number of amidine groups is 1. The van der Waals surface area contributed by atoms with Crippen LogP contribution in [0.25, 0.3) is 5.69 Å². The molecule has 0 bridgehead atoms. The number of esters is 1. The molecular weight excluding hydrogens is 508 g/mol. The van der Waals surface area contributed by atoms with Crippen LogP contribution in [0.1, 0.15) is 21.7 Å². The molecule has 1 fully saturated rings. The number of carbonyl (C=O) groups excluding carboxylic acids is 2. The minimum Gasteiger partial charge on any atom is -0.464 e. The van der Waals surface area contributed by atoms with Gasteiger partial charge in [0.2, 0.25) is 5.91 Å². The Morgan fingerprint density at radius 2 is 1.97 bits per heavy atom. The molecule has 9 nitrogen and oxygen atoms in total. The molecule has 1 aliphatic heterocycles. The molecule has 0 atom stereocenters. The molecule has 0 aliphatic carbocycles. The normalized spacial score (nSPS) is 14.2. The third-order valence-corrected chi connectivity index (χ3v) is 6.02. The van der Waals surface area contributed by atoms with Gasteiger partial charge in [0.05, 0.1) is 35.9 Å². The summed E-state index contributed by atoms with van der Waals surface area (Å²) in [7, 11) is 1.21. The fourth-order valence-electron chi connectivity index (χ4n) is 3.16. The summed E-state index contributed by atoms with van der Waals surface area (Å²) >= 11 is 4.55. The minimum atomic E-state index is -0.763. The van der Waals surface area contributed by atoms with Crippen LogP contribution in [0.5, 0.6) is 0 Å². The number of rotatable bonds is 4. The summed E-state index contributed by atoms with van der Waals surface area (Å²) in [5.74, 6) is -1.05. The lowest BCUT2D eigenvalue weighted by atomic mass is 10.2. The van der Waals surface area contributed by atoms with Crippen molar-refractivity contribution in [2.75, 3.05) is 17.8 Å². The molecule has 0 saturated carbocycles. The number of methoxy groups -OCH3 is 1. The van der Waals surface area contributed by atoms with Crippen LogP contribution in [0.4, 0.5) is 11.4 Å². The molecule has 33 heavy (non-hydrogen) atoms. The number of nitrogens with zero attached hydrogens (tertiary/aromatic N) is 6. The van der Waals surface area contributed by atoms with Crippen LogP contribution in [0.15, 0.2) is 58.0 Å². The number of halogens is 1. The maximum atomic E-state index is 12.9. The lowest BCUT2D eigenvalue weighted by Gasteiger charge is -2.17. The second kappa shape index (κ2) is 9.28. The highest BCUT2D eigenvalue weighted by Crippen LogP contribution is 2.35. The van der Waals surface area contributed by atoms with Gasteiger partial charge >= 0.3 is 5.97 Å². The van der Waals surface area contributed by atoms with E-state index in [0.717, 1.165) is 4.47 Å². The number of ether oxygens (including phenoxy) is 1. The number of nitriles is 2. The van der Waals surface area contributed by atoms with Crippen molar-refractivity contribution in [3.63, 3.8) is 0 Å². The third kappa shape index (κ3) is 4.24. The van der Waals surface area contributed by atoms with Crippen molar-refractivity contribution < 1.29 is 14.3 Å². The summed E-state index contributed by atoms with van der Waals surface area (Å²) in [5, 5.41) is 23.3. The van der Waals surface area contributed by atoms with Crippen molar-refractivity contribution in [3.05, 3.63) is 70.0 Å². The Bertz CT molecular complexity index is 1380. The minimum absolute atomic E-state index is 0.00622. The quantitative estimate of drug-likeness (QED) is 0.477. The summed E-state index contributed by atoms with van der Waals surface area (Å²) in [4.78, 5) is 31.4. The number of carbonyl (C=O) groups is 2. The standard InChI is InChI=1S/C22H13BrN6O3S/c1-32-21(31)20-19(17(11-25)27-29(20)16-4-2-3-14(23)9-16)28-18(30)12-33-22(28)26-15-7-5-13(10-24)6-8-15/h2-9H,12H2,1H3. The second-order valence-electron chi connectivity index (χ2n) is 6.61. The molecule has 2 heterocycles. The molecule has 1 aromatic heterocycles. The number of aliphatic imine (C=N–C) groups is 1. The lowest BCUT2D eigenvalue weighted by Crippen LogP contribution is -2.31. The molecule has 0 unspecified atom stereocenters. The Hall–Kier alpha value is -3.93. The van der Waals surface area contributed by atoms with Crippen molar-refractivity contribution >= 4 is 56.1 Å². The molecule has 0 radical (unpaired) electrons. The summed E-state index contributed by atoms with van der Waals surface area (Å²) < 4.78 is 6.98. The first-order valence-electron chi connectivity index (χ1n) is 9.38. The number of hydrogen-bond donors (Lipinski definition) is 0. The first kappa shape index (κ1) is 22.3. The molecule has 11 heteroatoms. The van der Waals surface area contributed by atoms with Gasteiger partial charge in [0.25, 0.3) is 0 Å². The van der Waals surface area contributed by atoms with E-state index in [-0.39, 0.29) is 33.9 Å². The fraction of sp³-hybridized carbons (Fsp3) is 0.0909. The van der Waals surface area contributed by atoms with Crippen LogP contribution < -0.4 is 4.90 Å². The molecule has 1 saturated heterocycles. The predicted octanol–water partition coefficient (Wildman–Crippen LogP) is 3.93. The Morgan fingerprint density at radius 3 is 2.61 bits per heavy atom. The van der Waals surface area contributed by atoms with E-state index in [1.54, 1.807) is 48.5 Å². The van der Waals surface area contributed by atoms with Crippen LogP contribution in [0.3, 0.4) is 0 Å². The molecule has 4 rings (SSSR count). The van der Waals surface area contributed by atoms with E-state index in [2.05, 4.69) is 26.0 Å². The number of thioether (sulfide) groups is 1. The van der Waals surface area contributed by atoms with E-state index in [0.29, 0.717) is 16.9 Å². The van der Waals surface area contributed by atoms with Gasteiger partial charge in [0.15, 0.2) is 16.6 Å². The molecule has 162 valence electrons. The van der Waals surface area contributed by atoms with E-state index in [1.807, 2.05) is 12.1 Å². The van der Waals surface area contributed by atoms with Crippen LogP contribution >= 0.6 is 27.7 Å². The largest absolute Gasteiger partial charge is 0.464 e.